The number of hydrogen-bond donors (Lipinski definition) is 0. The highest BCUT2D eigenvalue weighted by Crippen LogP contribution is 2.41. The molecule has 0 bridgehead atoms. The number of nitrogens with zero attached hydrogens (tertiary/aromatic N) is 4. The highest BCUT2D eigenvalue weighted by molar-refractivity contribution is 5.84. The first-order chi connectivity index (χ1) is 13.3. The Labute approximate surface area is 161 Å². The van der Waals surface area contributed by atoms with E-state index in [0.29, 0.717) is 38.9 Å². The number of hydrogen-bond acceptors (Lipinski definition) is 4. The van der Waals surface area contributed by atoms with Gasteiger partial charge in [0.2, 0.25) is 5.91 Å². The second kappa shape index (κ2) is 6.76. The molecular formula is C20H21F3N4O. The molecule has 0 atom stereocenters. The average molecular weight is 390 g/mol. The molecule has 28 heavy (non-hydrogen) atoms. The maximum Gasteiger partial charge on any atom is 0.433 e. The van der Waals surface area contributed by atoms with Gasteiger partial charge in [0, 0.05) is 32.7 Å². The van der Waals surface area contributed by atoms with Crippen LogP contribution in [0.25, 0.3) is 0 Å². The molecule has 1 amide bonds. The predicted molar refractivity (Wildman–Crippen MR) is 97.5 cm³/mol. The van der Waals surface area contributed by atoms with E-state index >= 15 is 0 Å². The number of piperidine rings is 1. The van der Waals surface area contributed by atoms with Crippen molar-refractivity contribution in [3.8, 4) is 0 Å². The Morgan fingerprint density at radius 2 is 1.75 bits per heavy atom. The van der Waals surface area contributed by atoms with E-state index in [4.69, 9.17) is 0 Å². The lowest BCUT2D eigenvalue weighted by molar-refractivity contribution is -0.142. The summed E-state index contributed by atoms with van der Waals surface area (Å²) in [5.41, 5.74) is 0.868. The van der Waals surface area contributed by atoms with Crippen molar-refractivity contribution in [2.24, 2.45) is 5.41 Å². The standard InChI is InChI=1S/C20H21F3N4O/c1-26-12-15-5-3-2-4-14(15)11-19(18(26)28)6-8-27(9-7-19)17-10-16(20(21,22)23)24-13-25-17/h2-5,10,13H,6-9,11-12H2,1H3. The minimum Gasteiger partial charge on any atom is -0.356 e. The van der Waals surface area contributed by atoms with E-state index in [1.807, 2.05) is 30.1 Å². The number of fused-ring (bicyclic) bond motifs is 1. The molecule has 1 fully saturated rings. The van der Waals surface area contributed by atoms with Crippen LogP contribution in [0, 0.1) is 5.41 Å². The van der Waals surface area contributed by atoms with Crippen LogP contribution in [0.15, 0.2) is 36.7 Å². The van der Waals surface area contributed by atoms with Crippen molar-refractivity contribution in [3.63, 3.8) is 0 Å². The molecule has 148 valence electrons. The maximum absolute atomic E-state index is 13.2. The van der Waals surface area contributed by atoms with Gasteiger partial charge in [0.15, 0.2) is 0 Å². The fraction of sp³-hybridized carbons (Fsp3) is 0.450. The Morgan fingerprint density at radius 1 is 1.07 bits per heavy atom. The third-order valence-electron chi connectivity index (χ3n) is 5.84. The van der Waals surface area contributed by atoms with E-state index in [-0.39, 0.29) is 11.7 Å². The Hall–Kier alpha value is -2.64. The summed E-state index contributed by atoms with van der Waals surface area (Å²) in [7, 11) is 1.82. The lowest BCUT2D eigenvalue weighted by Crippen LogP contribution is -2.49. The van der Waals surface area contributed by atoms with Crippen LogP contribution < -0.4 is 4.90 Å². The molecule has 8 heteroatoms. The lowest BCUT2D eigenvalue weighted by Gasteiger charge is -2.41. The number of carbonyl (C=O) groups excluding carboxylic acids is 1. The minimum absolute atomic E-state index is 0.113. The number of benzene rings is 1. The molecule has 0 radical (unpaired) electrons. The third kappa shape index (κ3) is 3.31. The van der Waals surface area contributed by atoms with Crippen molar-refractivity contribution in [1.29, 1.82) is 0 Å². The van der Waals surface area contributed by atoms with Crippen LogP contribution >= 0.6 is 0 Å². The normalized spacial score (nSPS) is 19.5. The monoisotopic (exact) mass is 390 g/mol. The van der Waals surface area contributed by atoms with Gasteiger partial charge in [-0.05, 0) is 30.4 Å². The van der Waals surface area contributed by atoms with E-state index in [1.165, 1.54) is 5.56 Å². The minimum atomic E-state index is -4.50. The van der Waals surface area contributed by atoms with Gasteiger partial charge in [-0.25, -0.2) is 9.97 Å². The summed E-state index contributed by atoms with van der Waals surface area (Å²) in [4.78, 5) is 24.1. The van der Waals surface area contributed by atoms with Gasteiger partial charge in [-0.1, -0.05) is 24.3 Å². The largest absolute Gasteiger partial charge is 0.433 e. The molecule has 1 aromatic carbocycles. The SMILES string of the molecule is CN1Cc2ccccc2CC2(CCN(c3cc(C(F)(F)F)ncn3)CC2)C1=O. The molecule has 1 spiro atoms. The summed E-state index contributed by atoms with van der Waals surface area (Å²) in [6.45, 7) is 1.55. The highest BCUT2D eigenvalue weighted by Gasteiger charge is 2.45. The zero-order chi connectivity index (χ0) is 19.9. The van der Waals surface area contributed by atoms with E-state index in [1.54, 1.807) is 4.90 Å². The van der Waals surface area contributed by atoms with Crippen molar-refractivity contribution in [3.05, 3.63) is 53.5 Å². The summed E-state index contributed by atoms with van der Waals surface area (Å²) in [6.07, 6.45) is -1.73. The van der Waals surface area contributed by atoms with Crippen molar-refractivity contribution in [2.75, 3.05) is 25.0 Å². The van der Waals surface area contributed by atoms with Crippen molar-refractivity contribution >= 4 is 11.7 Å². The third-order valence-corrected chi connectivity index (χ3v) is 5.84. The lowest BCUT2D eigenvalue weighted by atomic mass is 9.73. The maximum atomic E-state index is 13.2. The number of carbonyl (C=O) groups is 1. The average Bonchev–Trinajstić information content (AvgIpc) is 2.78. The molecule has 0 aliphatic carbocycles. The molecule has 2 aromatic rings. The van der Waals surface area contributed by atoms with Gasteiger partial charge in [-0.3, -0.25) is 4.79 Å². The first-order valence-corrected chi connectivity index (χ1v) is 9.25. The van der Waals surface area contributed by atoms with E-state index in [9.17, 15) is 18.0 Å². The summed E-state index contributed by atoms with van der Waals surface area (Å²) < 4.78 is 38.8. The topological polar surface area (TPSA) is 49.3 Å². The van der Waals surface area contributed by atoms with E-state index in [0.717, 1.165) is 18.0 Å². The fourth-order valence-electron chi connectivity index (χ4n) is 4.29. The zero-order valence-corrected chi connectivity index (χ0v) is 15.5. The molecule has 1 aromatic heterocycles. The van der Waals surface area contributed by atoms with Crippen molar-refractivity contribution in [1.82, 2.24) is 14.9 Å². The summed E-state index contributed by atoms with van der Waals surface area (Å²) in [6, 6.07) is 9.05. The van der Waals surface area contributed by atoms with Gasteiger partial charge in [0.05, 0.1) is 5.41 Å². The van der Waals surface area contributed by atoms with Crippen LogP contribution in [0.4, 0.5) is 19.0 Å². The van der Waals surface area contributed by atoms with Gasteiger partial charge in [0.25, 0.3) is 0 Å². The predicted octanol–water partition coefficient (Wildman–Crippen LogP) is 3.30. The molecule has 0 unspecified atom stereocenters. The molecule has 0 N–H and O–H groups in total. The van der Waals surface area contributed by atoms with Crippen LogP contribution in [0.5, 0.6) is 0 Å². The van der Waals surface area contributed by atoms with Gasteiger partial charge in [-0.2, -0.15) is 13.2 Å². The van der Waals surface area contributed by atoms with E-state index < -0.39 is 17.3 Å². The highest BCUT2D eigenvalue weighted by atomic mass is 19.4. The second-order valence-corrected chi connectivity index (χ2v) is 7.63. The van der Waals surface area contributed by atoms with Crippen molar-refractivity contribution in [2.45, 2.75) is 32.0 Å². The Kier molecular flexibility index (Phi) is 4.51. The molecule has 2 aliphatic heterocycles. The van der Waals surface area contributed by atoms with E-state index in [2.05, 4.69) is 16.0 Å². The first-order valence-electron chi connectivity index (χ1n) is 9.25. The Morgan fingerprint density at radius 3 is 2.43 bits per heavy atom. The molecule has 3 heterocycles. The van der Waals surface area contributed by atoms with Crippen LogP contribution in [0.3, 0.4) is 0 Å². The van der Waals surface area contributed by atoms with Crippen LogP contribution in [-0.2, 0) is 23.9 Å². The van der Waals surface area contributed by atoms with Gasteiger partial charge >= 0.3 is 6.18 Å². The van der Waals surface area contributed by atoms with Gasteiger partial charge in [0.1, 0.15) is 17.8 Å². The number of halogens is 3. The van der Waals surface area contributed by atoms with Gasteiger partial charge in [-0.15, -0.1) is 0 Å². The fourth-order valence-corrected chi connectivity index (χ4v) is 4.29. The Balaban J connectivity index is 1.57. The summed E-state index contributed by atoms with van der Waals surface area (Å²) >= 11 is 0. The smallest absolute Gasteiger partial charge is 0.356 e. The number of amides is 1. The summed E-state index contributed by atoms with van der Waals surface area (Å²) in [5, 5.41) is 0. The molecule has 5 nitrogen and oxygen atoms in total. The zero-order valence-electron chi connectivity index (χ0n) is 15.5. The number of alkyl halides is 3. The van der Waals surface area contributed by atoms with Crippen LogP contribution in [0.1, 0.15) is 29.7 Å². The second-order valence-electron chi connectivity index (χ2n) is 7.63. The van der Waals surface area contributed by atoms with Gasteiger partial charge < -0.3 is 9.80 Å². The molecule has 0 saturated carbocycles. The number of anilines is 1. The van der Waals surface area contributed by atoms with Crippen molar-refractivity contribution < 1.29 is 18.0 Å². The molecule has 4 rings (SSSR count). The molecular weight excluding hydrogens is 369 g/mol. The summed E-state index contributed by atoms with van der Waals surface area (Å²) in [5.74, 6) is 0.369. The Bertz CT molecular complexity index is 891. The van der Waals surface area contributed by atoms with Crippen LogP contribution in [-0.4, -0.2) is 40.9 Å². The molecule has 2 aliphatic rings. The molecule has 1 saturated heterocycles. The quantitative estimate of drug-likeness (QED) is 0.750. The number of aromatic nitrogens is 2. The number of rotatable bonds is 1. The first kappa shape index (κ1) is 18.7. The van der Waals surface area contributed by atoms with Crippen LogP contribution in [0.2, 0.25) is 0 Å².